The van der Waals surface area contributed by atoms with Crippen LogP contribution in [0.2, 0.25) is 0 Å². The first-order valence-electron chi connectivity index (χ1n) is 6.00. The van der Waals surface area contributed by atoms with E-state index in [0.29, 0.717) is 22.7 Å². The maximum Gasteiger partial charge on any atom is 0.356 e. The molecule has 0 spiro atoms. The molecule has 0 unspecified atom stereocenters. The predicted octanol–water partition coefficient (Wildman–Crippen LogP) is 2.60. The quantitative estimate of drug-likeness (QED) is 0.769. The first kappa shape index (κ1) is 12.3. The summed E-state index contributed by atoms with van der Waals surface area (Å²) in [5.41, 5.74) is 3.38. The maximum atomic E-state index is 10.9. The lowest BCUT2D eigenvalue weighted by Crippen LogP contribution is -2.05. The van der Waals surface area contributed by atoms with Crippen LogP contribution in [-0.4, -0.2) is 26.3 Å². The minimum Gasteiger partial charge on any atom is -0.476 e. The highest BCUT2D eigenvalue weighted by Crippen LogP contribution is 2.24. The summed E-state index contributed by atoms with van der Waals surface area (Å²) in [6.07, 6.45) is 0. The number of benzene rings is 1. The molecule has 0 saturated carbocycles. The third-order valence-corrected chi connectivity index (χ3v) is 2.98. The summed E-state index contributed by atoms with van der Waals surface area (Å²) in [5, 5.41) is 16.6. The van der Waals surface area contributed by atoms with Crippen molar-refractivity contribution in [1.29, 1.82) is 0 Å². The number of hydrogen-bond donors (Lipinski definition) is 1. The number of carbonyl (C=O) groups is 1. The summed E-state index contributed by atoms with van der Waals surface area (Å²) in [6.45, 7) is 3.48. The van der Waals surface area contributed by atoms with E-state index in [1.165, 1.54) is 0 Å². The molecule has 2 aromatic heterocycles. The summed E-state index contributed by atoms with van der Waals surface area (Å²) < 4.78 is 5.47. The molecular weight excluding hydrogens is 258 g/mol. The number of nitrogens with zero attached hydrogens (tertiary/aromatic N) is 3. The third kappa shape index (κ3) is 2.01. The Morgan fingerprint density at radius 2 is 2.00 bits per heavy atom. The van der Waals surface area contributed by atoms with Crippen LogP contribution in [0, 0.1) is 13.8 Å². The Morgan fingerprint density at radius 1 is 1.20 bits per heavy atom. The molecule has 0 aliphatic rings. The van der Waals surface area contributed by atoms with Gasteiger partial charge in [-0.25, -0.2) is 9.78 Å². The average molecular weight is 269 g/mol. The summed E-state index contributed by atoms with van der Waals surface area (Å²) >= 11 is 0. The van der Waals surface area contributed by atoms with Crippen molar-refractivity contribution in [2.75, 3.05) is 0 Å². The van der Waals surface area contributed by atoms with Crippen LogP contribution in [0.4, 0.5) is 0 Å². The summed E-state index contributed by atoms with van der Waals surface area (Å²) in [4.78, 5) is 15.1. The SMILES string of the molecule is Cc1nc2ccc(-c3cc(C)c(C(=O)O)nn3)cc2o1. The molecule has 3 rings (SSSR count). The highest BCUT2D eigenvalue weighted by atomic mass is 16.4. The Hall–Kier alpha value is -2.76. The summed E-state index contributed by atoms with van der Waals surface area (Å²) in [7, 11) is 0. The Balaban J connectivity index is 2.10. The van der Waals surface area contributed by atoms with E-state index in [4.69, 9.17) is 9.52 Å². The van der Waals surface area contributed by atoms with Gasteiger partial charge in [0.2, 0.25) is 0 Å². The van der Waals surface area contributed by atoms with Crippen molar-refractivity contribution in [3.05, 3.63) is 41.4 Å². The van der Waals surface area contributed by atoms with Crippen molar-refractivity contribution in [2.24, 2.45) is 0 Å². The molecule has 100 valence electrons. The molecule has 0 fully saturated rings. The van der Waals surface area contributed by atoms with Crippen LogP contribution < -0.4 is 0 Å². The van der Waals surface area contributed by atoms with Gasteiger partial charge in [-0.3, -0.25) is 0 Å². The van der Waals surface area contributed by atoms with E-state index in [9.17, 15) is 4.79 Å². The van der Waals surface area contributed by atoms with Crippen molar-refractivity contribution in [1.82, 2.24) is 15.2 Å². The summed E-state index contributed by atoms with van der Waals surface area (Å²) in [5.74, 6) is -0.483. The second kappa shape index (κ2) is 4.41. The second-order valence-corrected chi connectivity index (χ2v) is 4.48. The van der Waals surface area contributed by atoms with Gasteiger partial charge in [0.15, 0.2) is 17.2 Å². The van der Waals surface area contributed by atoms with E-state index < -0.39 is 5.97 Å². The van der Waals surface area contributed by atoms with Crippen molar-refractivity contribution in [3.63, 3.8) is 0 Å². The molecule has 0 atom stereocenters. The van der Waals surface area contributed by atoms with Gasteiger partial charge in [-0.1, -0.05) is 6.07 Å². The fourth-order valence-corrected chi connectivity index (χ4v) is 2.04. The summed E-state index contributed by atoms with van der Waals surface area (Å²) in [6, 6.07) is 7.21. The zero-order valence-corrected chi connectivity index (χ0v) is 10.9. The van der Waals surface area contributed by atoms with Crippen molar-refractivity contribution in [2.45, 2.75) is 13.8 Å². The molecule has 1 N–H and O–H groups in total. The molecular formula is C14H11N3O3. The number of aryl methyl sites for hydroxylation is 2. The molecule has 0 radical (unpaired) electrons. The molecule has 2 heterocycles. The highest BCUT2D eigenvalue weighted by Gasteiger charge is 2.12. The molecule has 6 nitrogen and oxygen atoms in total. The van der Waals surface area contributed by atoms with Crippen LogP contribution in [0.25, 0.3) is 22.4 Å². The minimum absolute atomic E-state index is 0.0367. The van der Waals surface area contributed by atoms with E-state index in [1.807, 2.05) is 18.2 Å². The largest absolute Gasteiger partial charge is 0.476 e. The number of aromatic nitrogens is 3. The van der Waals surface area contributed by atoms with Gasteiger partial charge in [-0.15, -0.1) is 10.2 Å². The van der Waals surface area contributed by atoms with Gasteiger partial charge in [0, 0.05) is 12.5 Å². The van der Waals surface area contributed by atoms with Gasteiger partial charge in [0.25, 0.3) is 0 Å². The van der Waals surface area contributed by atoms with Gasteiger partial charge < -0.3 is 9.52 Å². The number of rotatable bonds is 2. The third-order valence-electron chi connectivity index (χ3n) is 2.98. The van der Waals surface area contributed by atoms with Crippen LogP contribution in [0.5, 0.6) is 0 Å². The molecule has 20 heavy (non-hydrogen) atoms. The number of hydrogen-bond acceptors (Lipinski definition) is 5. The Labute approximate surface area is 114 Å². The first-order chi connectivity index (χ1) is 9.54. The highest BCUT2D eigenvalue weighted by molar-refractivity contribution is 5.87. The van der Waals surface area contributed by atoms with Gasteiger partial charge in [0.1, 0.15) is 5.52 Å². The molecule has 0 bridgehead atoms. The van der Waals surface area contributed by atoms with E-state index in [2.05, 4.69) is 15.2 Å². The monoisotopic (exact) mass is 269 g/mol. The van der Waals surface area contributed by atoms with Crippen molar-refractivity contribution in [3.8, 4) is 11.3 Å². The van der Waals surface area contributed by atoms with Crippen LogP contribution in [0.1, 0.15) is 21.9 Å². The topological polar surface area (TPSA) is 89.1 Å². The Morgan fingerprint density at radius 3 is 2.70 bits per heavy atom. The van der Waals surface area contributed by atoms with Crippen molar-refractivity contribution < 1.29 is 14.3 Å². The van der Waals surface area contributed by atoms with E-state index >= 15 is 0 Å². The van der Waals surface area contributed by atoms with E-state index in [0.717, 1.165) is 11.1 Å². The zero-order valence-electron chi connectivity index (χ0n) is 10.9. The molecule has 1 aromatic carbocycles. The number of oxazole rings is 1. The lowest BCUT2D eigenvalue weighted by Gasteiger charge is -2.03. The van der Waals surface area contributed by atoms with Crippen LogP contribution in [0.15, 0.2) is 28.7 Å². The molecule has 6 heteroatoms. The first-order valence-corrected chi connectivity index (χ1v) is 6.00. The van der Waals surface area contributed by atoms with Gasteiger partial charge in [0.05, 0.1) is 5.69 Å². The van der Waals surface area contributed by atoms with Crippen molar-refractivity contribution >= 4 is 17.1 Å². The number of carboxylic acid groups (broad SMARTS) is 1. The number of aromatic carboxylic acids is 1. The standard InChI is InChI=1S/C14H11N3O3/c1-7-5-11(16-17-13(7)14(18)19)9-3-4-10-12(6-9)20-8(2)15-10/h3-6H,1-2H3,(H,18,19). The molecule has 0 aliphatic carbocycles. The van der Waals surface area contributed by atoms with Gasteiger partial charge >= 0.3 is 5.97 Å². The number of carboxylic acids is 1. The lowest BCUT2D eigenvalue weighted by atomic mass is 10.1. The van der Waals surface area contributed by atoms with E-state index in [1.54, 1.807) is 19.9 Å². The Bertz CT molecular complexity index is 824. The molecule has 0 aliphatic heterocycles. The predicted molar refractivity (Wildman–Crippen MR) is 71.5 cm³/mol. The lowest BCUT2D eigenvalue weighted by molar-refractivity contribution is 0.0688. The smallest absolute Gasteiger partial charge is 0.356 e. The molecule has 0 saturated heterocycles. The van der Waals surface area contributed by atoms with Gasteiger partial charge in [-0.05, 0) is 30.7 Å². The maximum absolute atomic E-state index is 10.9. The minimum atomic E-state index is -1.08. The fraction of sp³-hybridized carbons (Fsp3) is 0.143. The fourth-order valence-electron chi connectivity index (χ4n) is 2.04. The van der Waals surface area contributed by atoms with Crippen LogP contribution in [-0.2, 0) is 0 Å². The number of fused-ring (bicyclic) bond motifs is 1. The zero-order chi connectivity index (χ0) is 14.3. The van der Waals surface area contributed by atoms with E-state index in [-0.39, 0.29) is 5.69 Å². The van der Waals surface area contributed by atoms with Crippen LogP contribution >= 0.6 is 0 Å². The van der Waals surface area contributed by atoms with Gasteiger partial charge in [-0.2, -0.15) is 0 Å². The second-order valence-electron chi connectivity index (χ2n) is 4.48. The Kier molecular flexibility index (Phi) is 2.71. The normalized spacial score (nSPS) is 10.9. The molecule has 3 aromatic rings. The van der Waals surface area contributed by atoms with Crippen LogP contribution in [0.3, 0.4) is 0 Å². The average Bonchev–Trinajstić information content (AvgIpc) is 2.77. The molecule has 0 amide bonds.